The highest BCUT2D eigenvalue weighted by Crippen LogP contribution is 2.27. The largest absolute Gasteiger partial charge is 0.489 e. The zero-order valence-corrected chi connectivity index (χ0v) is 15.3. The first-order valence-electron chi connectivity index (χ1n) is 8.78. The number of allylic oxidation sites excluding steroid dienone is 3. The summed E-state index contributed by atoms with van der Waals surface area (Å²) in [5, 5.41) is 0.770. The van der Waals surface area contributed by atoms with E-state index < -0.39 is 0 Å². The lowest BCUT2D eigenvalue weighted by atomic mass is 10.1. The van der Waals surface area contributed by atoms with Crippen molar-refractivity contribution in [2.75, 3.05) is 0 Å². The molecule has 25 heavy (non-hydrogen) atoms. The van der Waals surface area contributed by atoms with Gasteiger partial charge in [0.15, 0.2) is 0 Å². The van der Waals surface area contributed by atoms with E-state index in [0.29, 0.717) is 6.61 Å². The van der Waals surface area contributed by atoms with Gasteiger partial charge < -0.3 is 9.47 Å². The Labute approximate surface area is 154 Å². The van der Waals surface area contributed by atoms with E-state index in [1.807, 2.05) is 42.5 Å². The van der Waals surface area contributed by atoms with Crippen LogP contribution in [0.3, 0.4) is 0 Å². The van der Waals surface area contributed by atoms with E-state index in [2.05, 4.69) is 25.1 Å². The molecule has 0 bridgehead atoms. The van der Waals surface area contributed by atoms with Gasteiger partial charge >= 0.3 is 0 Å². The predicted molar refractivity (Wildman–Crippen MR) is 103 cm³/mol. The summed E-state index contributed by atoms with van der Waals surface area (Å²) in [6.07, 6.45) is 7.93. The minimum Gasteiger partial charge on any atom is -0.489 e. The van der Waals surface area contributed by atoms with Crippen molar-refractivity contribution < 1.29 is 9.47 Å². The summed E-state index contributed by atoms with van der Waals surface area (Å²) in [6, 6.07) is 16.1. The summed E-state index contributed by atoms with van der Waals surface area (Å²) in [4.78, 5) is 0. The molecule has 0 fully saturated rings. The van der Waals surface area contributed by atoms with E-state index in [-0.39, 0.29) is 0 Å². The lowest BCUT2D eigenvalue weighted by Gasteiger charge is -2.16. The van der Waals surface area contributed by atoms with Gasteiger partial charge in [0.05, 0.1) is 0 Å². The van der Waals surface area contributed by atoms with Gasteiger partial charge in [-0.1, -0.05) is 61.3 Å². The molecule has 0 unspecified atom stereocenters. The summed E-state index contributed by atoms with van der Waals surface area (Å²) in [5.41, 5.74) is 2.32. The van der Waals surface area contributed by atoms with Gasteiger partial charge in [-0.3, -0.25) is 0 Å². The van der Waals surface area contributed by atoms with E-state index in [0.717, 1.165) is 53.5 Å². The standard InChI is InChI=1S/C22H23ClO2/c1-2-7-18-12-13-21(15-22(18)23)25-20-11-6-10-19(14-20)24-16-17-8-4-3-5-9-17/h3-5,8-10,12-15H,2,6-7,11,16H2,1H3. The number of halogens is 1. The monoisotopic (exact) mass is 354 g/mol. The first-order chi connectivity index (χ1) is 12.2. The smallest absolute Gasteiger partial charge is 0.128 e. The van der Waals surface area contributed by atoms with E-state index in [1.54, 1.807) is 0 Å². The van der Waals surface area contributed by atoms with Crippen molar-refractivity contribution >= 4 is 11.6 Å². The third-order valence-electron chi connectivity index (χ3n) is 4.08. The van der Waals surface area contributed by atoms with Crippen molar-refractivity contribution in [3.05, 3.63) is 88.4 Å². The topological polar surface area (TPSA) is 18.5 Å². The molecule has 0 radical (unpaired) electrons. The maximum atomic E-state index is 6.34. The van der Waals surface area contributed by atoms with Gasteiger partial charge in [-0.15, -0.1) is 0 Å². The maximum absolute atomic E-state index is 6.34. The highest BCUT2D eigenvalue weighted by Gasteiger charge is 2.10. The van der Waals surface area contributed by atoms with Crippen LogP contribution < -0.4 is 4.74 Å². The SMILES string of the molecule is CCCc1ccc(OC2=CC(OCc3ccccc3)=CCC2)cc1Cl. The Kier molecular flexibility index (Phi) is 6.19. The zero-order valence-electron chi connectivity index (χ0n) is 14.5. The van der Waals surface area contributed by atoms with Gasteiger partial charge in [0.1, 0.15) is 23.9 Å². The van der Waals surface area contributed by atoms with Gasteiger partial charge in [-0.25, -0.2) is 0 Å². The minimum atomic E-state index is 0.563. The third-order valence-corrected chi connectivity index (χ3v) is 4.43. The van der Waals surface area contributed by atoms with Crippen molar-refractivity contribution in [2.24, 2.45) is 0 Å². The molecule has 3 heteroatoms. The third kappa shape index (κ3) is 5.14. The number of aryl methyl sites for hydroxylation is 1. The van der Waals surface area contributed by atoms with Crippen molar-refractivity contribution in [1.82, 2.24) is 0 Å². The van der Waals surface area contributed by atoms with Crippen LogP contribution in [0.5, 0.6) is 5.75 Å². The van der Waals surface area contributed by atoms with E-state index in [4.69, 9.17) is 21.1 Å². The molecule has 1 aliphatic carbocycles. The van der Waals surface area contributed by atoms with Crippen LogP contribution in [-0.2, 0) is 17.8 Å². The van der Waals surface area contributed by atoms with Crippen LogP contribution >= 0.6 is 11.6 Å². The first kappa shape index (κ1) is 17.6. The second-order valence-electron chi connectivity index (χ2n) is 6.14. The minimum absolute atomic E-state index is 0.563. The van der Waals surface area contributed by atoms with Gasteiger partial charge in [-0.2, -0.15) is 0 Å². The van der Waals surface area contributed by atoms with E-state index in [1.165, 1.54) is 5.56 Å². The molecule has 0 aliphatic heterocycles. The molecule has 0 saturated carbocycles. The summed E-state index contributed by atoms with van der Waals surface area (Å²) in [6.45, 7) is 2.71. The van der Waals surface area contributed by atoms with Crippen LogP contribution in [0.4, 0.5) is 0 Å². The first-order valence-corrected chi connectivity index (χ1v) is 9.16. The average molecular weight is 355 g/mol. The maximum Gasteiger partial charge on any atom is 0.128 e. The molecular formula is C22H23ClO2. The zero-order chi connectivity index (χ0) is 17.5. The van der Waals surface area contributed by atoms with Gasteiger partial charge in [0.25, 0.3) is 0 Å². The Balaban J connectivity index is 1.61. The van der Waals surface area contributed by atoms with Crippen LogP contribution in [0.2, 0.25) is 5.02 Å². The molecule has 0 aromatic heterocycles. The second kappa shape index (κ2) is 8.77. The lowest BCUT2D eigenvalue weighted by Crippen LogP contribution is -2.03. The molecule has 1 aliphatic rings. The van der Waals surface area contributed by atoms with Crippen molar-refractivity contribution in [1.29, 1.82) is 0 Å². The van der Waals surface area contributed by atoms with Crippen molar-refractivity contribution in [2.45, 2.75) is 39.2 Å². The Morgan fingerprint density at radius 1 is 1.08 bits per heavy atom. The van der Waals surface area contributed by atoms with Gasteiger partial charge in [0.2, 0.25) is 0 Å². The second-order valence-corrected chi connectivity index (χ2v) is 6.54. The number of ether oxygens (including phenoxy) is 2. The highest BCUT2D eigenvalue weighted by atomic mass is 35.5. The molecule has 0 heterocycles. The number of hydrogen-bond acceptors (Lipinski definition) is 2. The normalized spacial score (nSPS) is 13.8. The molecule has 2 aromatic rings. The van der Waals surface area contributed by atoms with Gasteiger partial charge in [0, 0.05) is 17.5 Å². The van der Waals surface area contributed by atoms with E-state index in [9.17, 15) is 0 Å². The molecule has 0 saturated heterocycles. The molecule has 130 valence electrons. The van der Waals surface area contributed by atoms with Crippen LogP contribution in [0.1, 0.15) is 37.3 Å². The fraction of sp³-hybridized carbons (Fsp3) is 0.273. The average Bonchev–Trinajstić information content (AvgIpc) is 2.64. The molecular weight excluding hydrogens is 332 g/mol. The Morgan fingerprint density at radius 2 is 1.92 bits per heavy atom. The van der Waals surface area contributed by atoms with Crippen molar-refractivity contribution in [3.8, 4) is 5.75 Å². The summed E-state index contributed by atoms with van der Waals surface area (Å²) in [5.74, 6) is 2.55. The molecule has 0 N–H and O–H groups in total. The predicted octanol–water partition coefficient (Wildman–Crippen LogP) is 6.45. The highest BCUT2D eigenvalue weighted by molar-refractivity contribution is 6.31. The number of rotatable bonds is 7. The van der Waals surface area contributed by atoms with Crippen molar-refractivity contribution in [3.63, 3.8) is 0 Å². The fourth-order valence-electron chi connectivity index (χ4n) is 2.78. The quantitative estimate of drug-likeness (QED) is 0.568. The van der Waals surface area contributed by atoms with Crippen LogP contribution in [0, 0.1) is 0 Å². The Hall–Kier alpha value is -2.19. The lowest BCUT2D eigenvalue weighted by molar-refractivity contribution is 0.205. The Bertz CT molecular complexity index is 763. The summed E-state index contributed by atoms with van der Waals surface area (Å²) in [7, 11) is 0. The van der Waals surface area contributed by atoms with Crippen LogP contribution in [0.25, 0.3) is 0 Å². The molecule has 0 amide bonds. The molecule has 0 atom stereocenters. The molecule has 0 spiro atoms. The fourth-order valence-corrected chi connectivity index (χ4v) is 3.05. The van der Waals surface area contributed by atoms with Crippen LogP contribution in [0.15, 0.2) is 72.2 Å². The number of benzene rings is 2. The summed E-state index contributed by atoms with van der Waals surface area (Å²) >= 11 is 6.34. The van der Waals surface area contributed by atoms with E-state index >= 15 is 0 Å². The number of hydrogen-bond donors (Lipinski definition) is 0. The molecule has 3 rings (SSSR count). The van der Waals surface area contributed by atoms with Crippen LogP contribution in [-0.4, -0.2) is 0 Å². The van der Waals surface area contributed by atoms with Gasteiger partial charge in [-0.05, 0) is 42.2 Å². The summed E-state index contributed by atoms with van der Waals surface area (Å²) < 4.78 is 11.9. The molecule has 2 aromatic carbocycles. The molecule has 2 nitrogen and oxygen atoms in total. The Morgan fingerprint density at radius 3 is 2.68 bits per heavy atom.